The molecule has 0 saturated heterocycles. The van der Waals surface area contributed by atoms with Crippen molar-refractivity contribution in [3.63, 3.8) is 0 Å². The van der Waals surface area contributed by atoms with Gasteiger partial charge in [0.25, 0.3) is 0 Å². The maximum absolute atomic E-state index is 3.63. The quantitative estimate of drug-likeness (QED) is 0.426. The van der Waals surface area contributed by atoms with Gasteiger partial charge in [0.05, 0.1) is 0 Å². The summed E-state index contributed by atoms with van der Waals surface area (Å²) in [7, 11) is 0. The predicted octanol–water partition coefficient (Wildman–Crippen LogP) is 4.50. The minimum absolute atomic E-state index is 1.06. The maximum atomic E-state index is 3.63. The smallest absolute Gasteiger partial charge is 0.0138 e. The Kier molecular flexibility index (Phi) is 14.8. The van der Waals surface area contributed by atoms with E-state index in [4.69, 9.17) is 0 Å². The van der Waals surface area contributed by atoms with Gasteiger partial charge in [-0.3, -0.25) is 0 Å². The molecule has 0 nitrogen and oxygen atoms in total. The van der Waals surface area contributed by atoms with Crippen LogP contribution in [0.5, 0.6) is 0 Å². The molecule has 0 rings (SSSR count). The first-order chi connectivity index (χ1) is 5.81. The zero-order valence-electron chi connectivity index (χ0n) is 8.93. The highest BCUT2D eigenvalue weighted by Gasteiger charge is 1.80. The molecule has 0 aliphatic heterocycles. The van der Waals surface area contributed by atoms with Crippen LogP contribution in [0.1, 0.15) is 40.5 Å². The minimum atomic E-state index is 1.06. The van der Waals surface area contributed by atoms with E-state index in [1.165, 1.54) is 5.57 Å². The molecule has 0 aromatic rings. The van der Waals surface area contributed by atoms with Crippen LogP contribution >= 0.6 is 0 Å². The second-order valence-corrected chi connectivity index (χ2v) is 2.33. The van der Waals surface area contributed by atoms with Gasteiger partial charge < -0.3 is 0 Å². The molecule has 0 fully saturated rings. The van der Waals surface area contributed by atoms with Crippen LogP contribution in [-0.4, -0.2) is 0 Å². The highest BCUT2D eigenvalue weighted by molar-refractivity contribution is 5.11. The van der Waals surface area contributed by atoms with E-state index in [0.29, 0.717) is 0 Å². The van der Waals surface area contributed by atoms with Crippen molar-refractivity contribution in [2.75, 3.05) is 0 Å². The number of rotatable bonds is 4. The minimum Gasteiger partial charge on any atom is -0.0991 e. The normalized spacial score (nSPS) is 10.8. The molecule has 0 heteroatoms. The molecule has 0 spiro atoms. The lowest BCUT2D eigenvalue weighted by Crippen LogP contribution is -1.69. The molecule has 0 aromatic heterocycles. The Bertz CT molecular complexity index is 138. The summed E-state index contributed by atoms with van der Waals surface area (Å²) in [5.41, 5.74) is 1.36. The highest BCUT2D eigenvalue weighted by Crippen LogP contribution is 2.00. The van der Waals surface area contributed by atoms with E-state index < -0.39 is 0 Å². The van der Waals surface area contributed by atoms with Crippen LogP contribution in [0, 0.1) is 0 Å². The molecule has 70 valence electrons. The first-order valence-electron chi connectivity index (χ1n) is 4.74. The van der Waals surface area contributed by atoms with Gasteiger partial charge in [-0.05, 0) is 19.8 Å². The summed E-state index contributed by atoms with van der Waals surface area (Å²) < 4.78 is 0. The van der Waals surface area contributed by atoms with E-state index in [-0.39, 0.29) is 0 Å². The molecule has 0 aliphatic carbocycles. The van der Waals surface area contributed by atoms with Gasteiger partial charge in [-0.2, -0.15) is 0 Å². The molecule has 0 heterocycles. The lowest BCUT2D eigenvalue weighted by Gasteiger charge is -1.90. The predicted molar refractivity (Wildman–Crippen MR) is 59.4 cm³/mol. The van der Waals surface area contributed by atoms with Crippen LogP contribution in [0.4, 0.5) is 0 Å². The van der Waals surface area contributed by atoms with Crippen molar-refractivity contribution in [1.29, 1.82) is 0 Å². The molecule has 0 unspecified atom stereocenters. The molecule has 0 aliphatic rings. The standard InChI is InChI=1S/C10H16.C2H6/c1-4-6-7-9-10(3)8-5-2;1-2/h5-8H,2,4,9H2,1,3H3;1-2H3/b7-6-,10-8-;. The van der Waals surface area contributed by atoms with Crippen LogP contribution in [0.2, 0.25) is 0 Å². The fourth-order valence-corrected chi connectivity index (χ4v) is 0.705. The average molecular weight is 166 g/mol. The summed E-state index contributed by atoms with van der Waals surface area (Å²) in [4.78, 5) is 0. The van der Waals surface area contributed by atoms with E-state index in [9.17, 15) is 0 Å². The number of allylic oxidation sites excluding steroid dienone is 5. The molecule has 0 amide bonds. The van der Waals surface area contributed by atoms with Crippen molar-refractivity contribution >= 4 is 0 Å². The van der Waals surface area contributed by atoms with Crippen molar-refractivity contribution in [2.24, 2.45) is 0 Å². The Balaban J connectivity index is 0. The fraction of sp³-hybridized carbons (Fsp3) is 0.500. The summed E-state index contributed by atoms with van der Waals surface area (Å²) >= 11 is 0. The maximum Gasteiger partial charge on any atom is -0.0138 e. The van der Waals surface area contributed by atoms with E-state index in [1.54, 1.807) is 0 Å². The van der Waals surface area contributed by atoms with Crippen molar-refractivity contribution in [1.82, 2.24) is 0 Å². The Morgan fingerprint density at radius 1 is 1.25 bits per heavy atom. The Hall–Kier alpha value is -0.780. The molecular formula is C12H22. The van der Waals surface area contributed by atoms with E-state index in [1.807, 2.05) is 26.0 Å². The monoisotopic (exact) mass is 166 g/mol. The SMILES string of the molecule is C=C/C=C(/C)C/C=C\CC.CC. The molecule has 0 bridgehead atoms. The summed E-state index contributed by atoms with van der Waals surface area (Å²) in [5, 5.41) is 0. The highest BCUT2D eigenvalue weighted by atomic mass is 13.9. The van der Waals surface area contributed by atoms with Gasteiger partial charge in [0.2, 0.25) is 0 Å². The molecule has 0 radical (unpaired) electrons. The van der Waals surface area contributed by atoms with Gasteiger partial charge in [0.1, 0.15) is 0 Å². The van der Waals surface area contributed by atoms with E-state index in [2.05, 4.69) is 32.6 Å². The number of hydrogen-bond donors (Lipinski definition) is 0. The summed E-state index contributed by atoms with van der Waals surface area (Å²) in [6, 6.07) is 0. The molecule has 12 heavy (non-hydrogen) atoms. The van der Waals surface area contributed by atoms with Gasteiger partial charge in [-0.15, -0.1) is 0 Å². The topological polar surface area (TPSA) is 0 Å². The van der Waals surface area contributed by atoms with Crippen LogP contribution in [-0.2, 0) is 0 Å². The van der Waals surface area contributed by atoms with Gasteiger partial charge in [-0.25, -0.2) is 0 Å². The second kappa shape index (κ2) is 12.9. The summed E-state index contributed by atoms with van der Waals surface area (Å²) in [6.07, 6.45) is 10.4. The lowest BCUT2D eigenvalue weighted by atomic mass is 10.2. The molecule has 0 N–H and O–H groups in total. The fourth-order valence-electron chi connectivity index (χ4n) is 0.705. The molecule has 0 atom stereocenters. The van der Waals surface area contributed by atoms with Gasteiger partial charge in [0, 0.05) is 0 Å². The Morgan fingerprint density at radius 3 is 2.25 bits per heavy atom. The number of hydrogen-bond acceptors (Lipinski definition) is 0. The molecule has 0 saturated carbocycles. The summed E-state index contributed by atoms with van der Waals surface area (Å²) in [6.45, 7) is 11.9. The van der Waals surface area contributed by atoms with Crippen LogP contribution in [0.25, 0.3) is 0 Å². The van der Waals surface area contributed by atoms with Crippen molar-refractivity contribution in [3.8, 4) is 0 Å². The van der Waals surface area contributed by atoms with E-state index in [0.717, 1.165) is 12.8 Å². The van der Waals surface area contributed by atoms with Gasteiger partial charge >= 0.3 is 0 Å². The molecule has 0 aromatic carbocycles. The van der Waals surface area contributed by atoms with Crippen molar-refractivity contribution in [2.45, 2.75) is 40.5 Å². The third-order valence-corrected chi connectivity index (χ3v) is 1.24. The lowest BCUT2D eigenvalue weighted by molar-refractivity contribution is 1.16. The third-order valence-electron chi connectivity index (χ3n) is 1.24. The van der Waals surface area contributed by atoms with Crippen LogP contribution in [0.3, 0.4) is 0 Å². The van der Waals surface area contributed by atoms with Crippen LogP contribution < -0.4 is 0 Å². The van der Waals surface area contributed by atoms with Crippen molar-refractivity contribution in [3.05, 3.63) is 36.5 Å². The van der Waals surface area contributed by atoms with Gasteiger partial charge in [-0.1, -0.05) is 57.2 Å². The van der Waals surface area contributed by atoms with Gasteiger partial charge in [0.15, 0.2) is 0 Å². The Morgan fingerprint density at radius 2 is 1.83 bits per heavy atom. The zero-order chi connectivity index (χ0) is 9.82. The Labute approximate surface area is 77.7 Å². The summed E-state index contributed by atoms with van der Waals surface area (Å²) in [5.74, 6) is 0. The zero-order valence-corrected chi connectivity index (χ0v) is 8.93. The van der Waals surface area contributed by atoms with Crippen molar-refractivity contribution < 1.29 is 0 Å². The first kappa shape index (κ1) is 13.8. The van der Waals surface area contributed by atoms with Crippen LogP contribution in [0.15, 0.2) is 36.5 Å². The first-order valence-corrected chi connectivity index (χ1v) is 4.74. The second-order valence-electron chi connectivity index (χ2n) is 2.33. The average Bonchev–Trinajstić information content (AvgIpc) is 2.09. The van der Waals surface area contributed by atoms with E-state index >= 15 is 0 Å². The molecular weight excluding hydrogens is 144 g/mol. The third kappa shape index (κ3) is 12.0. The largest absolute Gasteiger partial charge is 0.0991 e.